The van der Waals surface area contributed by atoms with Crippen molar-refractivity contribution in [3.05, 3.63) is 59.9 Å². The highest BCUT2D eigenvalue weighted by Gasteiger charge is 2.23. The third-order valence-electron chi connectivity index (χ3n) is 3.48. The summed E-state index contributed by atoms with van der Waals surface area (Å²) in [5.41, 5.74) is 2.73. The summed E-state index contributed by atoms with van der Waals surface area (Å²) in [5, 5.41) is 3.68. The molecule has 7 nitrogen and oxygen atoms in total. The van der Waals surface area contributed by atoms with Gasteiger partial charge in [-0.05, 0) is 43.7 Å². The molecule has 0 spiro atoms. The van der Waals surface area contributed by atoms with Crippen LogP contribution in [0.1, 0.15) is 17.0 Å². The van der Waals surface area contributed by atoms with Crippen LogP contribution >= 0.6 is 0 Å². The van der Waals surface area contributed by atoms with E-state index in [-0.39, 0.29) is 17.2 Å². The number of hydrogen-bond donors (Lipinski definition) is 1. The molecule has 0 saturated heterocycles. The molecule has 3 aromatic heterocycles. The first kappa shape index (κ1) is 16.3. The van der Waals surface area contributed by atoms with Gasteiger partial charge in [0, 0.05) is 30.7 Å². The van der Waals surface area contributed by atoms with Gasteiger partial charge in [0.25, 0.3) is 0 Å². The number of rotatable bonds is 5. The monoisotopic (exact) mass is 344 g/mol. The minimum absolute atomic E-state index is 0.0871. The molecule has 0 unspecified atom stereocenters. The Morgan fingerprint density at radius 1 is 1.21 bits per heavy atom. The second-order valence-corrected chi connectivity index (χ2v) is 6.97. The van der Waals surface area contributed by atoms with Crippen molar-refractivity contribution in [3.63, 3.8) is 0 Å². The predicted molar refractivity (Wildman–Crippen MR) is 87.5 cm³/mol. The van der Waals surface area contributed by atoms with E-state index in [1.165, 1.54) is 0 Å². The molecule has 0 radical (unpaired) electrons. The maximum absolute atomic E-state index is 12.4. The molecular weight excluding hydrogens is 328 g/mol. The molecule has 3 heterocycles. The molecule has 0 amide bonds. The Labute approximate surface area is 139 Å². The standard InChI is InChI=1S/C16H16N4O3S/c1-11-16(12(2)23-20-11)24(21,22)19-9-13-5-7-18-15(8-13)14-4-3-6-17-10-14/h3-8,10,19H,9H2,1-2H3. The Hall–Kier alpha value is -2.58. The van der Waals surface area contributed by atoms with Gasteiger partial charge >= 0.3 is 0 Å². The molecule has 3 rings (SSSR count). The average Bonchev–Trinajstić information content (AvgIpc) is 2.94. The van der Waals surface area contributed by atoms with Crippen LogP contribution in [-0.4, -0.2) is 23.5 Å². The van der Waals surface area contributed by atoms with Gasteiger partial charge in [0.15, 0.2) is 5.76 Å². The van der Waals surface area contributed by atoms with Gasteiger partial charge in [0.2, 0.25) is 10.0 Å². The van der Waals surface area contributed by atoms with Gasteiger partial charge < -0.3 is 4.52 Å². The van der Waals surface area contributed by atoms with Gasteiger partial charge in [-0.15, -0.1) is 0 Å². The molecule has 1 N–H and O–H groups in total. The van der Waals surface area contributed by atoms with E-state index in [0.29, 0.717) is 5.69 Å². The molecule has 0 aromatic carbocycles. The summed E-state index contributed by atoms with van der Waals surface area (Å²) < 4.78 is 32.3. The van der Waals surface area contributed by atoms with Crippen molar-refractivity contribution in [1.82, 2.24) is 19.8 Å². The van der Waals surface area contributed by atoms with E-state index >= 15 is 0 Å². The van der Waals surface area contributed by atoms with Gasteiger partial charge in [-0.3, -0.25) is 9.97 Å². The number of sulfonamides is 1. The highest BCUT2D eigenvalue weighted by atomic mass is 32.2. The lowest BCUT2D eigenvalue weighted by Crippen LogP contribution is -2.24. The van der Waals surface area contributed by atoms with Crippen molar-refractivity contribution in [2.45, 2.75) is 25.3 Å². The molecule has 24 heavy (non-hydrogen) atoms. The minimum Gasteiger partial charge on any atom is -0.360 e. The number of aryl methyl sites for hydroxylation is 2. The van der Waals surface area contributed by atoms with Gasteiger partial charge in [-0.1, -0.05) is 5.16 Å². The van der Waals surface area contributed by atoms with E-state index in [1.807, 2.05) is 18.2 Å². The van der Waals surface area contributed by atoms with Crippen molar-refractivity contribution < 1.29 is 12.9 Å². The van der Waals surface area contributed by atoms with Gasteiger partial charge in [0.1, 0.15) is 10.6 Å². The smallest absolute Gasteiger partial charge is 0.246 e. The molecule has 0 aliphatic rings. The topological polar surface area (TPSA) is 98.0 Å². The number of pyridine rings is 2. The minimum atomic E-state index is -3.69. The summed E-state index contributed by atoms with van der Waals surface area (Å²) in [4.78, 5) is 8.44. The Morgan fingerprint density at radius 3 is 2.71 bits per heavy atom. The van der Waals surface area contributed by atoms with E-state index in [1.54, 1.807) is 38.5 Å². The maximum atomic E-state index is 12.4. The van der Waals surface area contributed by atoms with Crippen LogP contribution in [0.2, 0.25) is 0 Å². The summed E-state index contributed by atoms with van der Waals surface area (Å²) in [6.07, 6.45) is 5.03. The number of nitrogens with one attached hydrogen (secondary N) is 1. The lowest BCUT2D eigenvalue weighted by Gasteiger charge is -2.07. The normalized spacial score (nSPS) is 11.6. The van der Waals surface area contributed by atoms with E-state index in [0.717, 1.165) is 16.8 Å². The maximum Gasteiger partial charge on any atom is 0.246 e. The number of hydrogen-bond acceptors (Lipinski definition) is 6. The SMILES string of the molecule is Cc1noc(C)c1S(=O)(=O)NCc1ccnc(-c2cccnc2)c1. The third-order valence-corrected chi connectivity index (χ3v) is 5.13. The Balaban J connectivity index is 1.80. The van der Waals surface area contributed by atoms with Crippen molar-refractivity contribution in [2.75, 3.05) is 0 Å². The molecule has 0 atom stereocenters. The van der Waals surface area contributed by atoms with Crippen molar-refractivity contribution >= 4 is 10.0 Å². The number of aromatic nitrogens is 3. The van der Waals surface area contributed by atoms with Gasteiger partial charge in [0.05, 0.1) is 5.69 Å². The first-order valence-electron chi connectivity index (χ1n) is 7.25. The lowest BCUT2D eigenvalue weighted by molar-refractivity contribution is 0.390. The van der Waals surface area contributed by atoms with E-state index in [2.05, 4.69) is 19.8 Å². The fourth-order valence-corrected chi connectivity index (χ4v) is 3.71. The van der Waals surface area contributed by atoms with Gasteiger partial charge in [-0.25, -0.2) is 13.1 Å². The van der Waals surface area contributed by atoms with Gasteiger partial charge in [-0.2, -0.15) is 0 Å². The predicted octanol–water partition coefficient (Wildman–Crippen LogP) is 2.23. The number of nitrogens with zero attached hydrogens (tertiary/aromatic N) is 3. The zero-order valence-electron chi connectivity index (χ0n) is 13.2. The largest absolute Gasteiger partial charge is 0.360 e. The first-order chi connectivity index (χ1) is 11.5. The molecule has 0 bridgehead atoms. The Bertz CT molecular complexity index is 933. The molecule has 0 saturated carbocycles. The molecule has 3 aromatic rings. The van der Waals surface area contributed by atoms with Crippen LogP contribution in [-0.2, 0) is 16.6 Å². The Morgan fingerprint density at radius 2 is 2.04 bits per heavy atom. The first-order valence-corrected chi connectivity index (χ1v) is 8.73. The molecule has 0 fully saturated rings. The second kappa shape index (κ2) is 6.50. The van der Waals surface area contributed by atoms with Crippen LogP contribution in [0.3, 0.4) is 0 Å². The molecule has 0 aliphatic heterocycles. The van der Waals surface area contributed by atoms with Crippen LogP contribution in [0.5, 0.6) is 0 Å². The zero-order valence-corrected chi connectivity index (χ0v) is 14.0. The third kappa shape index (κ3) is 3.34. The fourth-order valence-electron chi connectivity index (χ4n) is 2.37. The molecule has 8 heteroatoms. The van der Waals surface area contributed by atoms with E-state index in [4.69, 9.17) is 4.52 Å². The highest BCUT2D eigenvalue weighted by molar-refractivity contribution is 7.89. The highest BCUT2D eigenvalue weighted by Crippen LogP contribution is 2.20. The van der Waals surface area contributed by atoms with Crippen LogP contribution in [0, 0.1) is 13.8 Å². The molecular formula is C16H16N4O3S. The summed E-state index contributed by atoms with van der Waals surface area (Å²) in [7, 11) is -3.69. The van der Waals surface area contributed by atoms with Crippen LogP contribution in [0.25, 0.3) is 11.3 Å². The van der Waals surface area contributed by atoms with Crippen molar-refractivity contribution in [2.24, 2.45) is 0 Å². The lowest BCUT2D eigenvalue weighted by atomic mass is 10.1. The van der Waals surface area contributed by atoms with E-state index < -0.39 is 10.0 Å². The summed E-state index contributed by atoms with van der Waals surface area (Å²) >= 11 is 0. The molecule has 0 aliphatic carbocycles. The quantitative estimate of drug-likeness (QED) is 0.762. The average molecular weight is 344 g/mol. The summed E-state index contributed by atoms with van der Waals surface area (Å²) in [6.45, 7) is 3.31. The summed E-state index contributed by atoms with van der Waals surface area (Å²) in [5.74, 6) is 0.269. The van der Waals surface area contributed by atoms with Crippen molar-refractivity contribution in [3.8, 4) is 11.3 Å². The van der Waals surface area contributed by atoms with Crippen molar-refractivity contribution in [1.29, 1.82) is 0 Å². The Kier molecular flexibility index (Phi) is 4.41. The summed E-state index contributed by atoms with van der Waals surface area (Å²) in [6, 6.07) is 7.31. The van der Waals surface area contributed by atoms with Crippen LogP contribution in [0.15, 0.2) is 52.3 Å². The molecule has 124 valence electrons. The van der Waals surface area contributed by atoms with E-state index in [9.17, 15) is 8.42 Å². The second-order valence-electron chi connectivity index (χ2n) is 5.27. The zero-order chi connectivity index (χ0) is 17.2. The van der Waals surface area contributed by atoms with Crippen LogP contribution < -0.4 is 4.72 Å². The van der Waals surface area contributed by atoms with Crippen LogP contribution in [0.4, 0.5) is 0 Å². The fraction of sp³-hybridized carbons (Fsp3) is 0.188.